The van der Waals surface area contributed by atoms with Gasteiger partial charge in [-0.2, -0.15) is 4.55 Å². The molecule has 7 rings (SSSR count). The monoisotopic (exact) mass is 716 g/mol. The maximum absolute atomic E-state index is 13.9. The molecule has 4 saturated carbocycles. The maximum atomic E-state index is 13.9. The first-order valence-corrected chi connectivity index (χ1v) is 22.0. The second-order valence-corrected chi connectivity index (χ2v) is 21.5. The molecule has 7 nitrogen and oxygen atoms in total. The Morgan fingerprint density at radius 1 is 0.900 bits per heavy atom. The minimum Gasteiger partial charge on any atom is -0.481 e. The molecular formula is C41H67FN3O4S+. The van der Waals surface area contributed by atoms with Crippen molar-refractivity contribution in [1.82, 2.24) is 14.5 Å². The van der Waals surface area contributed by atoms with E-state index in [2.05, 4.69) is 57.0 Å². The SMILES string of the molecule is CC1(C)C(C2=CC[C@](CF)(C(=O)O)CC2)=CC[C@]2(C)[C@H]3CCC4C5CCCC5(NCCN5CCN([S+](C)(=O)O)CC5)CC[C@@]4(C)[C@]3(C)CC[C@@H]12. The van der Waals surface area contributed by atoms with E-state index in [0.717, 1.165) is 44.4 Å². The molecule has 7 aliphatic rings. The van der Waals surface area contributed by atoms with Gasteiger partial charge < -0.3 is 10.4 Å². The van der Waals surface area contributed by atoms with Crippen molar-refractivity contribution in [2.45, 2.75) is 124 Å². The van der Waals surface area contributed by atoms with Gasteiger partial charge in [0.1, 0.15) is 6.67 Å². The molecule has 50 heavy (non-hydrogen) atoms. The van der Waals surface area contributed by atoms with E-state index in [1.165, 1.54) is 75.2 Å². The minimum atomic E-state index is -2.85. The lowest BCUT2D eigenvalue weighted by Crippen LogP contribution is -2.67. The molecule has 0 aromatic carbocycles. The molecule has 282 valence electrons. The van der Waals surface area contributed by atoms with Gasteiger partial charge in [-0.25, -0.2) is 4.39 Å². The van der Waals surface area contributed by atoms with Gasteiger partial charge in [-0.15, -0.1) is 0 Å². The number of rotatable bonds is 8. The summed E-state index contributed by atoms with van der Waals surface area (Å²) in [5.74, 6) is 1.79. The fourth-order valence-electron chi connectivity index (χ4n) is 14.3. The zero-order valence-corrected chi connectivity index (χ0v) is 32.8. The van der Waals surface area contributed by atoms with Crippen molar-refractivity contribution in [3.63, 3.8) is 0 Å². The zero-order valence-electron chi connectivity index (χ0n) is 32.0. The Labute approximate surface area is 303 Å². The van der Waals surface area contributed by atoms with E-state index in [-0.39, 0.29) is 16.4 Å². The lowest BCUT2D eigenvalue weighted by molar-refractivity contribution is -0.218. The van der Waals surface area contributed by atoms with Gasteiger partial charge in [0.15, 0.2) is 6.26 Å². The molecule has 5 fully saturated rings. The van der Waals surface area contributed by atoms with E-state index in [4.69, 9.17) is 0 Å². The fraction of sp³-hybridized carbons (Fsp3) is 0.878. The molecule has 0 amide bonds. The number of fused-ring (bicyclic) bond motifs is 7. The van der Waals surface area contributed by atoms with Crippen LogP contribution in [0.2, 0.25) is 0 Å². The average molecular weight is 717 g/mol. The minimum absolute atomic E-state index is 0.00843. The van der Waals surface area contributed by atoms with E-state index in [1.54, 1.807) is 4.31 Å². The summed E-state index contributed by atoms with van der Waals surface area (Å²) in [6.45, 7) is 17.3. The predicted molar refractivity (Wildman–Crippen MR) is 200 cm³/mol. The van der Waals surface area contributed by atoms with Crippen molar-refractivity contribution >= 4 is 16.4 Å². The highest BCUT2D eigenvalue weighted by atomic mass is 32.3. The summed E-state index contributed by atoms with van der Waals surface area (Å²) in [5, 5.41) is 14.0. The highest BCUT2D eigenvalue weighted by Crippen LogP contribution is 2.76. The lowest BCUT2D eigenvalue weighted by Gasteiger charge is -2.72. The number of carbonyl (C=O) groups is 1. The van der Waals surface area contributed by atoms with Crippen LogP contribution in [0.4, 0.5) is 4.39 Å². The number of halogens is 1. The molecule has 0 radical (unpaired) electrons. The normalized spacial score (nSPS) is 46.0. The third-order valence-corrected chi connectivity index (χ3v) is 18.6. The van der Waals surface area contributed by atoms with E-state index in [1.807, 2.05) is 0 Å². The summed E-state index contributed by atoms with van der Waals surface area (Å²) < 4.78 is 37.7. The van der Waals surface area contributed by atoms with Gasteiger partial charge >= 0.3 is 5.97 Å². The number of hydrogen-bond donors (Lipinski definition) is 3. The zero-order chi connectivity index (χ0) is 36.0. The van der Waals surface area contributed by atoms with E-state index in [0.29, 0.717) is 55.0 Å². The first kappa shape index (κ1) is 37.2. The Balaban J connectivity index is 1.06. The molecule has 0 aromatic heterocycles. The Bertz CT molecular complexity index is 1450. The molecule has 0 bridgehead atoms. The third kappa shape index (κ3) is 5.59. The summed E-state index contributed by atoms with van der Waals surface area (Å²) in [7, 11) is -2.85. The van der Waals surface area contributed by atoms with Gasteiger partial charge in [-0.3, -0.25) is 9.69 Å². The van der Waals surface area contributed by atoms with Crippen molar-refractivity contribution < 1.29 is 23.1 Å². The summed E-state index contributed by atoms with van der Waals surface area (Å²) in [5.41, 5.74) is 2.61. The molecule has 1 heterocycles. The van der Waals surface area contributed by atoms with Crippen LogP contribution < -0.4 is 5.32 Å². The van der Waals surface area contributed by atoms with Crippen LogP contribution in [0, 0.1) is 50.7 Å². The van der Waals surface area contributed by atoms with Gasteiger partial charge in [0.05, 0.1) is 18.5 Å². The van der Waals surface area contributed by atoms with Crippen molar-refractivity contribution in [2.24, 2.45) is 50.7 Å². The van der Waals surface area contributed by atoms with Crippen LogP contribution in [-0.4, -0.2) is 82.6 Å². The summed E-state index contributed by atoms with van der Waals surface area (Å²) in [4.78, 5) is 14.4. The second-order valence-electron chi connectivity index (χ2n) is 19.5. The second kappa shape index (κ2) is 12.7. The molecular weight excluding hydrogens is 650 g/mol. The van der Waals surface area contributed by atoms with Crippen molar-refractivity contribution in [3.05, 3.63) is 23.3 Å². The molecule has 10 atom stereocenters. The lowest BCUT2D eigenvalue weighted by atomic mass is 9.33. The summed E-state index contributed by atoms with van der Waals surface area (Å²) >= 11 is 0. The van der Waals surface area contributed by atoms with Crippen LogP contribution in [0.3, 0.4) is 0 Å². The average Bonchev–Trinajstić information content (AvgIpc) is 3.49. The van der Waals surface area contributed by atoms with Gasteiger partial charge in [0.2, 0.25) is 0 Å². The number of alkyl halides is 1. The predicted octanol–water partition coefficient (Wildman–Crippen LogP) is 8.01. The Hall–Kier alpha value is -1.13. The topological polar surface area (TPSA) is 93.1 Å². The number of hydrogen-bond acceptors (Lipinski definition) is 4. The number of nitrogens with zero attached hydrogens (tertiary/aromatic N) is 2. The van der Waals surface area contributed by atoms with Crippen LogP contribution in [0.1, 0.15) is 118 Å². The van der Waals surface area contributed by atoms with Crippen molar-refractivity contribution in [1.29, 1.82) is 0 Å². The molecule has 3 N–H and O–H groups in total. The molecule has 0 spiro atoms. The number of carboxylic acid groups (broad SMARTS) is 1. The Morgan fingerprint density at radius 2 is 1.64 bits per heavy atom. The van der Waals surface area contributed by atoms with E-state index in [9.17, 15) is 23.1 Å². The van der Waals surface area contributed by atoms with Crippen LogP contribution in [0.25, 0.3) is 0 Å². The van der Waals surface area contributed by atoms with Crippen LogP contribution in [0.15, 0.2) is 23.3 Å². The van der Waals surface area contributed by atoms with Crippen LogP contribution in [0.5, 0.6) is 0 Å². The van der Waals surface area contributed by atoms with Crippen LogP contribution in [-0.2, 0) is 19.4 Å². The van der Waals surface area contributed by atoms with Gasteiger partial charge in [0, 0.05) is 31.7 Å². The fourth-order valence-corrected chi connectivity index (χ4v) is 15.1. The third-order valence-electron chi connectivity index (χ3n) is 17.3. The largest absolute Gasteiger partial charge is 0.481 e. The maximum Gasteiger partial charge on any atom is 0.312 e. The molecule has 1 aliphatic heterocycles. The quantitative estimate of drug-likeness (QED) is 0.221. The van der Waals surface area contributed by atoms with Gasteiger partial charge in [-0.05, 0) is 138 Å². The Kier molecular flexibility index (Phi) is 9.47. The number of carboxylic acids is 1. The summed E-state index contributed by atoms with van der Waals surface area (Å²) in [6, 6.07) is 0. The number of aliphatic carboxylic acids is 1. The highest BCUT2D eigenvalue weighted by Gasteiger charge is 2.69. The molecule has 0 aromatic rings. The van der Waals surface area contributed by atoms with Gasteiger partial charge in [0.25, 0.3) is 10.4 Å². The number of piperazine rings is 1. The number of nitrogens with one attached hydrogen (secondary N) is 1. The van der Waals surface area contributed by atoms with E-state index < -0.39 is 28.5 Å². The molecule has 6 aliphatic carbocycles. The molecule has 4 unspecified atom stereocenters. The van der Waals surface area contributed by atoms with Crippen molar-refractivity contribution in [2.75, 3.05) is 52.2 Å². The van der Waals surface area contributed by atoms with E-state index >= 15 is 0 Å². The van der Waals surface area contributed by atoms with Gasteiger partial charge in [-0.1, -0.05) is 57.5 Å². The van der Waals surface area contributed by atoms with Crippen LogP contribution >= 0.6 is 0 Å². The standard InChI is InChI=1S/C41H66FN3O4S/c1-36(2)30(29-11-18-40(28-42,19-12-29)35(46)47)13-16-37(3)33(36)14-17-39(5)34(37)10-9-31-32-8-7-15-41(32,21-20-38(31,39)4)43-22-23-44-24-26-45(27-25-44)50(6,48)49/h11,13,31-34,43H,7-10,12,14-28H2,1-6H3,(H-,46,47,48,49)/p+1/t31?,32?,33-,34+,37-,38+,39+,40-,41?/m0/s1. The highest BCUT2D eigenvalue weighted by molar-refractivity contribution is 7.94. The summed E-state index contributed by atoms with van der Waals surface area (Å²) in [6.07, 6.45) is 20.3. The van der Waals surface area contributed by atoms with Crippen molar-refractivity contribution in [3.8, 4) is 0 Å². The molecule has 9 heteroatoms. The Morgan fingerprint density at radius 3 is 2.28 bits per heavy atom. The first-order valence-electron chi connectivity index (χ1n) is 20.1. The number of allylic oxidation sites excluding steroid dienone is 4. The molecule has 1 saturated heterocycles. The smallest absolute Gasteiger partial charge is 0.312 e. The first-order chi connectivity index (χ1) is 23.5.